The molecule has 2 unspecified atom stereocenters. The fourth-order valence-electron chi connectivity index (χ4n) is 2.88. The minimum absolute atomic E-state index is 0.191. The van der Waals surface area contributed by atoms with Crippen molar-refractivity contribution < 1.29 is 4.74 Å². The minimum Gasteiger partial charge on any atom is -0.374 e. The van der Waals surface area contributed by atoms with Gasteiger partial charge in [-0.2, -0.15) is 0 Å². The molecule has 118 valence electrons. The SMILES string of the molecule is CCCNC(c1cncc(C)c1)C1CN(C(C)C)CCO1. The van der Waals surface area contributed by atoms with Crippen molar-refractivity contribution in [3.05, 3.63) is 29.6 Å². The quantitative estimate of drug-likeness (QED) is 0.874. The summed E-state index contributed by atoms with van der Waals surface area (Å²) in [6.07, 6.45) is 5.19. The van der Waals surface area contributed by atoms with Crippen LogP contribution >= 0.6 is 0 Å². The van der Waals surface area contributed by atoms with Crippen LogP contribution in [-0.4, -0.2) is 48.3 Å². The summed E-state index contributed by atoms with van der Waals surface area (Å²) in [5.41, 5.74) is 2.44. The average molecular weight is 291 g/mol. The van der Waals surface area contributed by atoms with Crippen molar-refractivity contribution in [2.75, 3.05) is 26.2 Å². The van der Waals surface area contributed by atoms with Crippen molar-refractivity contribution in [3.8, 4) is 0 Å². The summed E-state index contributed by atoms with van der Waals surface area (Å²) in [6, 6.07) is 3.01. The number of hydrogen-bond acceptors (Lipinski definition) is 4. The number of nitrogens with zero attached hydrogens (tertiary/aromatic N) is 2. The van der Waals surface area contributed by atoms with Gasteiger partial charge in [0.25, 0.3) is 0 Å². The van der Waals surface area contributed by atoms with Gasteiger partial charge in [-0.25, -0.2) is 0 Å². The Bertz CT molecular complexity index is 436. The van der Waals surface area contributed by atoms with Gasteiger partial charge < -0.3 is 10.1 Å². The Balaban J connectivity index is 2.15. The number of aromatic nitrogens is 1. The maximum Gasteiger partial charge on any atom is 0.0897 e. The van der Waals surface area contributed by atoms with E-state index in [1.165, 1.54) is 11.1 Å². The number of ether oxygens (including phenoxy) is 1. The van der Waals surface area contributed by atoms with Gasteiger partial charge >= 0.3 is 0 Å². The Morgan fingerprint density at radius 2 is 2.24 bits per heavy atom. The highest BCUT2D eigenvalue weighted by Crippen LogP contribution is 2.23. The van der Waals surface area contributed by atoms with E-state index in [0.717, 1.165) is 32.7 Å². The first kappa shape index (κ1) is 16.4. The fraction of sp³-hybridized carbons (Fsp3) is 0.706. The third kappa shape index (κ3) is 4.50. The van der Waals surface area contributed by atoms with Gasteiger partial charge in [-0.05, 0) is 44.9 Å². The molecule has 1 aromatic heterocycles. The molecule has 1 fully saturated rings. The van der Waals surface area contributed by atoms with Gasteiger partial charge in [0.2, 0.25) is 0 Å². The molecule has 2 atom stereocenters. The predicted molar refractivity (Wildman–Crippen MR) is 86.5 cm³/mol. The third-order valence-corrected chi connectivity index (χ3v) is 4.10. The second kappa shape index (κ2) is 7.87. The molecule has 0 amide bonds. The number of aryl methyl sites for hydroxylation is 1. The van der Waals surface area contributed by atoms with Crippen LogP contribution in [0, 0.1) is 6.92 Å². The zero-order valence-corrected chi connectivity index (χ0v) is 13.8. The van der Waals surface area contributed by atoms with Crippen molar-refractivity contribution in [1.82, 2.24) is 15.2 Å². The van der Waals surface area contributed by atoms with Crippen LogP contribution in [-0.2, 0) is 4.74 Å². The lowest BCUT2D eigenvalue weighted by atomic mass is 9.99. The maximum atomic E-state index is 6.08. The Morgan fingerprint density at radius 3 is 2.90 bits per heavy atom. The zero-order valence-electron chi connectivity index (χ0n) is 13.8. The topological polar surface area (TPSA) is 37.4 Å². The Kier molecular flexibility index (Phi) is 6.15. The van der Waals surface area contributed by atoms with E-state index >= 15 is 0 Å². The summed E-state index contributed by atoms with van der Waals surface area (Å²) in [5, 5.41) is 3.65. The summed E-state index contributed by atoms with van der Waals surface area (Å²) in [6.45, 7) is 12.6. The van der Waals surface area contributed by atoms with Gasteiger partial charge in [-0.15, -0.1) is 0 Å². The van der Waals surface area contributed by atoms with E-state index in [1.807, 2.05) is 12.4 Å². The largest absolute Gasteiger partial charge is 0.374 e. The average Bonchev–Trinajstić information content (AvgIpc) is 2.48. The lowest BCUT2D eigenvalue weighted by Gasteiger charge is -2.39. The maximum absolute atomic E-state index is 6.08. The van der Waals surface area contributed by atoms with E-state index < -0.39 is 0 Å². The number of pyridine rings is 1. The first-order valence-electron chi connectivity index (χ1n) is 8.12. The summed E-state index contributed by atoms with van der Waals surface area (Å²) >= 11 is 0. The van der Waals surface area contributed by atoms with Gasteiger partial charge in [-0.1, -0.05) is 13.0 Å². The summed E-state index contributed by atoms with van der Waals surface area (Å²) < 4.78 is 6.08. The molecule has 0 bridgehead atoms. The molecule has 1 aliphatic heterocycles. The number of morpholine rings is 1. The third-order valence-electron chi connectivity index (χ3n) is 4.10. The first-order valence-corrected chi connectivity index (χ1v) is 8.12. The number of hydrogen-bond donors (Lipinski definition) is 1. The van der Waals surface area contributed by atoms with E-state index in [0.29, 0.717) is 6.04 Å². The minimum atomic E-state index is 0.191. The molecule has 2 heterocycles. The number of nitrogens with one attached hydrogen (secondary N) is 1. The molecule has 1 saturated heterocycles. The lowest BCUT2D eigenvalue weighted by Crippen LogP contribution is -2.50. The molecule has 2 rings (SSSR count). The van der Waals surface area contributed by atoms with Crippen LogP contribution in [0.1, 0.15) is 44.4 Å². The van der Waals surface area contributed by atoms with Gasteiger partial charge in [-0.3, -0.25) is 9.88 Å². The summed E-state index contributed by atoms with van der Waals surface area (Å²) in [4.78, 5) is 6.85. The first-order chi connectivity index (χ1) is 10.1. The Labute approximate surface area is 128 Å². The molecule has 0 spiro atoms. The van der Waals surface area contributed by atoms with Crippen molar-refractivity contribution in [2.24, 2.45) is 0 Å². The van der Waals surface area contributed by atoms with Gasteiger partial charge in [0.1, 0.15) is 0 Å². The van der Waals surface area contributed by atoms with Crippen LogP contribution < -0.4 is 5.32 Å². The molecule has 0 radical (unpaired) electrons. The summed E-state index contributed by atoms with van der Waals surface area (Å²) in [5.74, 6) is 0. The normalized spacial score (nSPS) is 21.7. The molecule has 1 aliphatic rings. The van der Waals surface area contributed by atoms with Crippen LogP contribution in [0.25, 0.3) is 0 Å². The Morgan fingerprint density at radius 1 is 1.43 bits per heavy atom. The molecule has 4 heteroatoms. The predicted octanol–water partition coefficient (Wildman–Crippen LogP) is 2.54. The molecular weight excluding hydrogens is 262 g/mol. The van der Waals surface area contributed by atoms with Crippen molar-refractivity contribution in [2.45, 2.75) is 52.3 Å². The van der Waals surface area contributed by atoms with Gasteiger partial charge in [0.05, 0.1) is 18.8 Å². The Hall–Kier alpha value is -0.970. The molecule has 0 aromatic carbocycles. The van der Waals surface area contributed by atoms with E-state index in [1.54, 1.807) is 0 Å². The molecule has 1 aromatic rings. The second-order valence-electron chi connectivity index (χ2n) is 6.23. The second-order valence-corrected chi connectivity index (χ2v) is 6.23. The number of rotatable bonds is 6. The van der Waals surface area contributed by atoms with E-state index in [2.05, 4.69) is 49.0 Å². The van der Waals surface area contributed by atoms with E-state index in [9.17, 15) is 0 Å². The monoisotopic (exact) mass is 291 g/mol. The zero-order chi connectivity index (χ0) is 15.2. The molecule has 0 aliphatic carbocycles. The highest BCUT2D eigenvalue weighted by atomic mass is 16.5. The van der Waals surface area contributed by atoms with E-state index in [-0.39, 0.29) is 12.1 Å². The van der Waals surface area contributed by atoms with Crippen LogP contribution in [0.2, 0.25) is 0 Å². The lowest BCUT2D eigenvalue weighted by molar-refractivity contribution is -0.0561. The molecular formula is C17H29N3O. The van der Waals surface area contributed by atoms with Crippen LogP contribution in [0.5, 0.6) is 0 Å². The highest BCUT2D eigenvalue weighted by Gasteiger charge is 2.30. The standard InChI is InChI=1S/C17H29N3O/c1-5-6-19-17(15-9-14(4)10-18-11-15)16-12-20(13(2)3)7-8-21-16/h9-11,13,16-17,19H,5-8,12H2,1-4H3. The molecule has 4 nitrogen and oxygen atoms in total. The van der Waals surface area contributed by atoms with E-state index in [4.69, 9.17) is 4.74 Å². The van der Waals surface area contributed by atoms with Crippen LogP contribution in [0.4, 0.5) is 0 Å². The van der Waals surface area contributed by atoms with Gasteiger partial charge in [0, 0.05) is 31.5 Å². The molecule has 0 saturated carbocycles. The molecule has 21 heavy (non-hydrogen) atoms. The van der Waals surface area contributed by atoms with Crippen molar-refractivity contribution in [3.63, 3.8) is 0 Å². The van der Waals surface area contributed by atoms with Crippen molar-refractivity contribution in [1.29, 1.82) is 0 Å². The smallest absolute Gasteiger partial charge is 0.0897 e. The van der Waals surface area contributed by atoms with Crippen LogP contribution in [0.15, 0.2) is 18.5 Å². The fourth-order valence-corrected chi connectivity index (χ4v) is 2.88. The summed E-state index contributed by atoms with van der Waals surface area (Å²) in [7, 11) is 0. The van der Waals surface area contributed by atoms with Gasteiger partial charge in [0.15, 0.2) is 0 Å². The van der Waals surface area contributed by atoms with Crippen LogP contribution in [0.3, 0.4) is 0 Å². The van der Waals surface area contributed by atoms with Crippen molar-refractivity contribution >= 4 is 0 Å². The molecule has 1 N–H and O–H groups in total. The highest BCUT2D eigenvalue weighted by molar-refractivity contribution is 5.21.